The van der Waals surface area contributed by atoms with Gasteiger partial charge in [-0.3, -0.25) is 4.57 Å². The van der Waals surface area contributed by atoms with Crippen LogP contribution >= 0.6 is 10.7 Å². The van der Waals surface area contributed by atoms with E-state index in [0.29, 0.717) is 18.6 Å². The van der Waals surface area contributed by atoms with Gasteiger partial charge in [-0.1, -0.05) is 6.92 Å². The minimum Gasteiger partial charge on any atom is -0.297 e. The molecule has 1 heterocycles. The monoisotopic (exact) mass is 339 g/mol. The summed E-state index contributed by atoms with van der Waals surface area (Å²) in [7, 11) is 1.06. The summed E-state index contributed by atoms with van der Waals surface area (Å²) in [5.41, 5.74) is -0.140. The van der Waals surface area contributed by atoms with Crippen molar-refractivity contribution in [1.82, 2.24) is 14.8 Å². The van der Waals surface area contributed by atoms with Crippen molar-refractivity contribution in [2.75, 3.05) is 0 Å². The lowest BCUT2D eigenvalue weighted by Crippen LogP contribution is -2.08. The fourth-order valence-electron chi connectivity index (χ4n) is 1.79. The third-order valence-electron chi connectivity index (χ3n) is 2.62. The summed E-state index contributed by atoms with van der Waals surface area (Å²) in [6.07, 6.45) is 0.497. The number of rotatable bonds is 4. The maximum absolute atomic E-state index is 13.3. The van der Waals surface area contributed by atoms with Gasteiger partial charge in [0, 0.05) is 22.8 Å². The Labute approximate surface area is 122 Å². The van der Waals surface area contributed by atoms with Crippen molar-refractivity contribution in [2.45, 2.75) is 25.0 Å². The quantitative estimate of drug-likeness (QED) is 0.634. The summed E-state index contributed by atoms with van der Waals surface area (Å²) in [6, 6.07) is 1.42. The van der Waals surface area contributed by atoms with Gasteiger partial charge in [0.25, 0.3) is 14.2 Å². The Morgan fingerprint density at radius 2 is 1.76 bits per heavy atom. The second-order valence-electron chi connectivity index (χ2n) is 4.15. The Balaban J connectivity index is 2.67. The molecule has 0 saturated heterocycles. The molecule has 0 amide bonds. The van der Waals surface area contributed by atoms with E-state index in [0.717, 1.165) is 4.57 Å². The summed E-state index contributed by atoms with van der Waals surface area (Å²) in [6.45, 7) is 1.91. The predicted octanol–water partition coefficient (Wildman–Crippen LogP) is 2.70. The Kier molecular flexibility index (Phi) is 4.24. The van der Waals surface area contributed by atoms with Gasteiger partial charge in [0.15, 0.2) is 23.3 Å². The molecule has 0 bridgehead atoms. The third-order valence-corrected chi connectivity index (χ3v) is 3.78. The maximum Gasteiger partial charge on any atom is 0.296 e. The first-order valence-electron chi connectivity index (χ1n) is 5.78. The largest absolute Gasteiger partial charge is 0.297 e. The van der Waals surface area contributed by atoms with Crippen LogP contribution in [0.2, 0.25) is 0 Å². The van der Waals surface area contributed by atoms with E-state index in [1.807, 2.05) is 0 Å². The molecule has 0 aliphatic heterocycles. The second-order valence-corrected chi connectivity index (χ2v) is 6.61. The average molecular weight is 340 g/mol. The van der Waals surface area contributed by atoms with E-state index in [1.165, 1.54) is 0 Å². The van der Waals surface area contributed by atoms with Crippen molar-refractivity contribution >= 4 is 19.7 Å². The first-order chi connectivity index (χ1) is 9.75. The minimum atomic E-state index is -4.17. The Bertz CT molecular complexity index is 769. The molecule has 1 aromatic carbocycles. The topological polar surface area (TPSA) is 64.8 Å². The second kappa shape index (κ2) is 5.64. The highest BCUT2D eigenvalue weighted by molar-refractivity contribution is 8.13. The molecule has 0 N–H and O–H groups in total. The van der Waals surface area contributed by atoms with Crippen molar-refractivity contribution in [3.8, 4) is 11.4 Å². The summed E-state index contributed by atoms with van der Waals surface area (Å²) in [5.74, 6) is -4.56. The van der Waals surface area contributed by atoms with Crippen molar-refractivity contribution in [2.24, 2.45) is 0 Å². The summed E-state index contributed by atoms with van der Waals surface area (Å²) >= 11 is 0. The summed E-state index contributed by atoms with van der Waals surface area (Å²) in [4.78, 5) is 0. The lowest BCUT2D eigenvalue weighted by molar-refractivity contribution is 0.447. The SMILES string of the molecule is CCCn1c(-c2cc(F)c(F)c(F)c2)nnc1S(=O)(=O)Cl. The van der Waals surface area contributed by atoms with Gasteiger partial charge in [-0.05, 0) is 18.6 Å². The number of hydrogen-bond donors (Lipinski definition) is 0. The number of hydrogen-bond acceptors (Lipinski definition) is 4. The molecule has 0 unspecified atom stereocenters. The predicted molar refractivity (Wildman–Crippen MR) is 68.7 cm³/mol. The van der Waals surface area contributed by atoms with Crippen LogP contribution in [0.25, 0.3) is 11.4 Å². The summed E-state index contributed by atoms with van der Waals surface area (Å²) in [5, 5.41) is 6.46. The third kappa shape index (κ3) is 3.03. The van der Waals surface area contributed by atoms with Gasteiger partial charge in [-0.25, -0.2) is 21.6 Å². The smallest absolute Gasteiger partial charge is 0.296 e. The standard InChI is InChI=1S/C11H9ClF3N3O2S/c1-2-3-18-10(16-17-11(18)21(12,19)20)6-4-7(13)9(15)8(14)5-6/h4-5H,2-3H2,1H3. The van der Waals surface area contributed by atoms with Crippen LogP contribution in [-0.4, -0.2) is 23.2 Å². The first-order valence-corrected chi connectivity index (χ1v) is 8.09. The summed E-state index contributed by atoms with van der Waals surface area (Å²) < 4.78 is 63.4. The van der Waals surface area contributed by atoms with Gasteiger partial charge < -0.3 is 0 Å². The molecule has 10 heteroatoms. The lowest BCUT2D eigenvalue weighted by Gasteiger charge is -2.08. The number of aromatic nitrogens is 3. The average Bonchev–Trinajstić information content (AvgIpc) is 2.79. The zero-order chi connectivity index (χ0) is 15.8. The van der Waals surface area contributed by atoms with Crippen LogP contribution in [-0.2, 0) is 15.6 Å². The van der Waals surface area contributed by atoms with Gasteiger partial charge in [0.1, 0.15) is 0 Å². The molecule has 2 aromatic rings. The molecule has 0 spiro atoms. The van der Waals surface area contributed by atoms with Crippen LogP contribution in [0.15, 0.2) is 17.3 Å². The van der Waals surface area contributed by atoms with Gasteiger partial charge in [-0.15, -0.1) is 10.2 Å². The molecule has 0 radical (unpaired) electrons. The van der Waals surface area contributed by atoms with Gasteiger partial charge in [0.05, 0.1) is 0 Å². The molecular formula is C11H9ClF3N3O2S. The molecule has 5 nitrogen and oxygen atoms in total. The van der Waals surface area contributed by atoms with E-state index in [9.17, 15) is 21.6 Å². The molecule has 0 fully saturated rings. The molecule has 0 atom stereocenters. The van der Waals surface area contributed by atoms with Crippen LogP contribution in [0.5, 0.6) is 0 Å². The molecule has 0 saturated carbocycles. The van der Waals surface area contributed by atoms with E-state index in [2.05, 4.69) is 10.2 Å². The van der Waals surface area contributed by atoms with Crippen LogP contribution < -0.4 is 0 Å². The zero-order valence-electron chi connectivity index (χ0n) is 10.6. The fraction of sp³-hybridized carbons (Fsp3) is 0.273. The molecule has 21 heavy (non-hydrogen) atoms. The molecule has 1 aromatic heterocycles. The van der Waals surface area contributed by atoms with Gasteiger partial charge in [-0.2, -0.15) is 0 Å². The van der Waals surface area contributed by atoms with Crippen LogP contribution in [0, 0.1) is 17.5 Å². The van der Waals surface area contributed by atoms with Crippen molar-refractivity contribution in [3.05, 3.63) is 29.6 Å². The normalized spacial score (nSPS) is 11.9. The van der Waals surface area contributed by atoms with E-state index in [1.54, 1.807) is 6.92 Å². The first kappa shape index (κ1) is 15.8. The molecule has 2 rings (SSSR count). The highest BCUT2D eigenvalue weighted by atomic mass is 35.7. The van der Waals surface area contributed by atoms with Crippen LogP contribution in [0.4, 0.5) is 13.2 Å². The van der Waals surface area contributed by atoms with Crippen molar-refractivity contribution in [3.63, 3.8) is 0 Å². The molecule has 0 aliphatic carbocycles. The Morgan fingerprint density at radius 3 is 2.24 bits per heavy atom. The lowest BCUT2D eigenvalue weighted by atomic mass is 10.2. The van der Waals surface area contributed by atoms with Crippen molar-refractivity contribution in [1.29, 1.82) is 0 Å². The minimum absolute atomic E-state index is 0.117. The number of halogens is 4. The van der Waals surface area contributed by atoms with E-state index in [4.69, 9.17) is 10.7 Å². The zero-order valence-corrected chi connectivity index (χ0v) is 12.2. The number of nitrogens with zero attached hydrogens (tertiary/aromatic N) is 3. The van der Waals surface area contributed by atoms with Gasteiger partial charge >= 0.3 is 0 Å². The highest BCUT2D eigenvalue weighted by Crippen LogP contribution is 2.25. The van der Waals surface area contributed by atoms with Gasteiger partial charge in [0.2, 0.25) is 0 Å². The van der Waals surface area contributed by atoms with E-state index in [-0.39, 0.29) is 17.9 Å². The molecular weight excluding hydrogens is 331 g/mol. The Morgan fingerprint density at radius 1 is 1.19 bits per heavy atom. The van der Waals surface area contributed by atoms with E-state index < -0.39 is 31.7 Å². The molecule has 114 valence electrons. The highest BCUT2D eigenvalue weighted by Gasteiger charge is 2.24. The number of benzene rings is 1. The molecule has 0 aliphatic rings. The van der Waals surface area contributed by atoms with Crippen LogP contribution in [0.1, 0.15) is 13.3 Å². The maximum atomic E-state index is 13.3. The van der Waals surface area contributed by atoms with Crippen LogP contribution in [0.3, 0.4) is 0 Å². The van der Waals surface area contributed by atoms with E-state index >= 15 is 0 Å². The Hall–Kier alpha value is -1.61. The fourth-order valence-corrected chi connectivity index (χ4v) is 2.71. The van der Waals surface area contributed by atoms with Crippen molar-refractivity contribution < 1.29 is 21.6 Å².